The zero-order chi connectivity index (χ0) is 21.2. The molecule has 0 aliphatic carbocycles. The monoisotopic (exact) mass is 439 g/mol. The second-order valence-corrected chi connectivity index (χ2v) is 11.5. The zero-order valence-electron chi connectivity index (χ0n) is 16.5. The van der Waals surface area contributed by atoms with E-state index in [1.165, 1.54) is 10.8 Å². The minimum atomic E-state index is -3.51. The fourth-order valence-electron chi connectivity index (χ4n) is 3.50. The third-order valence-corrected chi connectivity index (χ3v) is 8.62. The topological polar surface area (TPSA) is 106 Å². The molecular formula is C19H25N3O5S2. The van der Waals surface area contributed by atoms with E-state index < -0.39 is 24.9 Å². The molecule has 0 N–H and O–H groups in total. The van der Waals surface area contributed by atoms with Gasteiger partial charge in [-0.3, -0.25) is 4.79 Å². The predicted molar refractivity (Wildman–Crippen MR) is 108 cm³/mol. The standard InChI is InChI=1S/C19H25N3O5S2/c1-21-14-11-20-19(21)29(26,27)17-9-12-22(13-10-17)18(23)8-5-15-3-6-16(7-4-15)28(2,24)25/h3-4,6-7,11,14,17H,5,8-10,12-13H2,1-2H3. The number of carbonyl (C=O) groups excluding carboxylic acids is 1. The van der Waals surface area contributed by atoms with E-state index in [1.54, 1.807) is 42.4 Å². The van der Waals surface area contributed by atoms with Crippen molar-refractivity contribution in [1.82, 2.24) is 14.5 Å². The van der Waals surface area contributed by atoms with Crippen LogP contribution in [0, 0.1) is 0 Å². The van der Waals surface area contributed by atoms with E-state index in [9.17, 15) is 21.6 Å². The Hall–Kier alpha value is -2.20. The van der Waals surface area contributed by atoms with Crippen molar-refractivity contribution in [3.8, 4) is 0 Å². The van der Waals surface area contributed by atoms with Gasteiger partial charge >= 0.3 is 0 Å². The van der Waals surface area contributed by atoms with Crippen LogP contribution in [0.4, 0.5) is 0 Å². The number of aromatic nitrogens is 2. The number of likely N-dealkylation sites (tertiary alicyclic amines) is 1. The first kappa shape index (κ1) is 21.5. The molecule has 1 aromatic heterocycles. The van der Waals surface area contributed by atoms with Crippen molar-refractivity contribution in [1.29, 1.82) is 0 Å². The maximum atomic E-state index is 12.7. The Balaban J connectivity index is 1.53. The summed E-state index contributed by atoms with van der Waals surface area (Å²) in [5.41, 5.74) is 0.887. The number of nitrogens with zero attached hydrogens (tertiary/aromatic N) is 3. The Labute approximate surface area is 171 Å². The van der Waals surface area contributed by atoms with E-state index in [1.807, 2.05) is 0 Å². The lowest BCUT2D eigenvalue weighted by Gasteiger charge is -2.31. The minimum Gasteiger partial charge on any atom is -0.343 e. The quantitative estimate of drug-likeness (QED) is 0.670. The highest BCUT2D eigenvalue weighted by Crippen LogP contribution is 2.24. The molecule has 1 amide bonds. The first-order chi connectivity index (χ1) is 13.6. The van der Waals surface area contributed by atoms with Gasteiger partial charge in [-0.2, -0.15) is 0 Å². The SMILES string of the molecule is Cn1ccnc1S(=O)(=O)C1CCN(C(=O)CCc2ccc(S(C)(=O)=O)cc2)CC1. The summed E-state index contributed by atoms with van der Waals surface area (Å²) in [6.45, 7) is 0.806. The summed E-state index contributed by atoms with van der Waals surface area (Å²) in [7, 11) is -5.09. The molecule has 0 bridgehead atoms. The first-order valence-electron chi connectivity index (χ1n) is 9.37. The van der Waals surface area contributed by atoms with Crippen LogP contribution in [-0.2, 0) is 37.9 Å². The average molecular weight is 440 g/mol. The summed E-state index contributed by atoms with van der Waals surface area (Å²) in [5.74, 6) is -0.0231. The van der Waals surface area contributed by atoms with Gasteiger partial charge in [0.25, 0.3) is 0 Å². The molecule has 1 aromatic carbocycles. The van der Waals surface area contributed by atoms with Gasteiger partial charge in [0, 0.05) is 45.2 Å². The molecule has 1 aliphatic heterocycles. The van der Waals surface area contributed by atoms with Crippen LogP contribution < -0.4 is 0 Å². The highest BCUT2D eigenvalue weighted by Gasteiger charge is 2.34. The normalized spacial score (nSPS) is 16.1. The molecule has 0 atom stereocenters. The molecule has 2 heterocycles. The van der Waals surface area contributed by atoms with Gasteiger partial charge in [-0.25, -0.2) is 21.8 Å². The average Bonchev–Trinajstić information content (AvgIpc) is 3.12. The molecule has 0 unspecified atom stereocenters. The van der Waals surface area contributed by atoms with E-state index in [0.29, 0.717) is 38.8 Å². The summed E-state index contributed by atoms with van der Waals surface area (Å²) in [4.78, 5) is 18.4. The molecule has 158 valence electrons. The van der Waals surface area contributed by atoms with E-state index >= 15 is 0 Å². The number of sulfone groups is 2. The van der Waals surface area contributed by atoms with Crippen LogP contribution in [0.2, 0.25) is 0 Å². The lowest BCUT2D eigenvalue weighted by atomic mass is 10.1. The maximum absolute atomic E-state index is 12.7. The minimum absolute atomic E-state index is 0.0231. The van der Waals surface area contributed by atoms with Crippen molar-refractivity contribution < 1.29 is 21.6 Å². The lowest BCUT2D eigenvalue weighted by Crippen LogP contribution is -2.43. The Morgan fingerprint density at radius 1 is 1.10 bits per heavy atom. The van der Waals surface area contributed by atoms with Gasteiger partial charge in [-0.1, -0.05) is 12.1 Å². The van der Waals surface area contributed by atoms with Gasteiger partial charge in [0.05, 0.1) is 10.1 Å². The zero-order valence-corrected chi connectivity index (χ0v) is 18.1. The summed E-state index contributed by atoms with van der Waals surface area (Å²) >= 11 is 0. The fraction of sp³-hybridized carbons (Fsp3) is 0.474. The third kappa shape index (κ3) is 4.87. The van der Waals surface area contributed by atoms with Gasteiger partial charge in [0.1, 0.15) is 0 Å². The summed E-state index contributed by atoms with van der Waals surface area (Å²) < 4.78 is 49.9. The second-order valence-electron chi connectivity index (χ2n) is 7.36. The molecule has 29 heavy (non-hydrogen) atoms. The Bertz CT molecular complexity index is 1080. The van der Waals surface area contributed by atoms with Crippen LogP contribution in [0.5, 0.6) is 0 Å². The number of hydrogen-bond donors (Lipinski definition) is 0. The van der Waals surface area contributed by atoms with Crippen LogP contribution in [0.3, 0.4) is 0 Å². The van der Waals surface area contributed by atoms with Crippen molar-refractivity contribution in [2.24, 2.45) is 7.05 Å². The van der Waals surface area contributed by atoms with Crippen molar-refractivity contribution in [2.75, 3.05) is 19.3 Å². The smallest absolute Gasteiger partial charge is 0.227 e. The van der Waals surface area contributed by atoms with Crippen LogP contribution in [0.1, 0.15) is 24.8 Å². The Morgan fingerprint density at radius 2 is 1.72 bits per heavy atom. The highest BCUT2D eigenvalue weighted by molar-refractivity contribution is 7.92. The number of benzene rings is 1. The van der Waals surface area contributed by atoms with Crippen LogP contribution in [-0.4, -0.2) is 61.8 Å². The van der Waals surface area contributed by atoms with E-state index in [4.69, 9.17) is 0 Å². The predicted octanol–water partition coefficient (Wildman–Crippen LogP) is 1.22. The van der Waals surface area contributed by atoms with Gasteiger partial charge in [-0.05, 0) is 37.0 Å². The molecule has 0 saturated carbocycles. The number of rotatable bonds is 6. The Morgan fingerprint density at radius 3 is 2.24 bits per heavy atom. The van der Waals surface area contributed by atoms with Gasteiger partial charge in [-0.15, -0.1) is 0 Å². The molecule has 0 spiro atoms. The number of piperidine rings is 1. The van der Waals surface area contributed by atoms with Crippen molar-refractivity contribution in [3.05, 3.63) is 42.2 Å². The summed E-state index contributed by atoms with van der Waals surface area (Å²) in [6, 6.07) is 6.52. The number of aryl methyl sites for hydroxylation is 2. The van der Waals surface area contributed by atoms with E-state index in [0.717, 1.165) is 11.8 Å². The molecule has 10 heteroatoms. The number of imidazole rings is 1. The molecule has 3 rings (SSSR count). The number of amides is 1. The fourth-order valence-corrected chi connectivity index (χ4v) is 5.93. The third-order valence-electron chi connectivity index (χ3n) is 5.24. The molecule has 2 aromatic rings. The van der Waals surface area contributed by atoms with Gasteiger partial charge in [0.15, 0.2) is 9.84 Å². The van der Waals surface area contributed by atoms with Crippen LogP contribution in [0.25, 0.3) is 0 Å². The van der Waals surface area contributed by atoms with Crippen molar-refractivity contribution >= 4 is 25.6 Å². The van der Waals surface area contributed by atoms with E-state index in [2.05, 4.69) is 4.98 Å². The lowest BCUT2D eigenvalue weighted by molar-refractivity contribution is -0.132. The molecule has 0 radical (unpaired) electrons. The highest BCUT2D eigenvalue weighted by atomic mass is 32.2. The van der Waals surface area contributed by atoms with Crippen molar-refractivity contribution in [3.63, 3.8) is 0 Å². The molecule has 1 aliphatic rings. The number of hydrogen-bond acceptors (Lipinski definition) is 6. The molecular weight excluding hydrogens is 414 g/mol. The summed E-state index contributed by atoms with van der Waals surface area (Å²) in [5, 5.41) is -0.462. The van der Waals surface area contributed by atoms with Crippen LogP contribution >= 0.6 is 0 Å². The molecule has 8 nitrogen and oxygen atoms in total. The molecule has 1 fully saturated rings. The van der Waals surface area contributed by atoms with Crippen LogP contribution in [0.15, 0.2) is 46.7 Å². The largest absolute Gasteiger partial charge is 0.343 e. The number of carbonyl (C=O) groups is 1. The van der Waals surface area contributed by atoms with Crippen molar-refractivity contribution in [2.45, 2.75) is 41.0 Å². The Kier molecular flexibility index (Phi) is 6.13. The van der Waals surface area contributed by atoms with Gasteiger partial charge in [0.2, 0.25) is 20.9 Å². The summed E-state index contributed by atoms with van der Waals surface area (Å²) in [6.07, 6.45) is 5.82. The molecule has 1 saturated heterocycles. The van der Waals surface area contributed by atoms with E-state index in [-0.39, 0.29) is 16.0 Å². The van der Waals surface area contributed by atoms with Gasteiger partial charge < -0.3 is 9.47 Å². The maximum Gasteiger partial charge on any atom is 0.227 e. The second kappa shape index (κ2) is 8.27. The first-order valence-corrected chi connectivity index (χ1v) is 12.8.